The average Bonchev–Trinajstić information content (AvgIpc) is 3.03. The molecule has 0 spiro atoms. The van der Waals surface area contributed by atoms with Gasteiger partial charge in [-0.15, -0.1) is 5.10 Å². The molecule has 0 N–H and O–H groups in total. The van der Waals surface area contributed by atoms with Gasteiger partial charge in [-0.25, -0.2) is 4.68 Å². The van der Waals surface area contributed by atoms with E-state index in [9.17, 15) is 4.57 Å². The van der Waals surface area contributed by atoms with Crippen molar-refractivity contribution in [3.8, 4) is 0 Å². The molecule has 0 radical (unpaired) electrons. The van der Waals surface area contributed by atoms with Gasteiger partial charge in [-0.2, -0.15) is 0 Å². The Morgan fingerprint density at radius 3 is 2.74 bits per heavy atom. The van der Waals surface area contributed by atoms with Crippen molar-refractivity contribution in [2.45, 2.75) is 46.3 Å². The van der Waals surface area contributed by atoms with Crippen LogP contribution in [0.4, 0.5) is 0 Å². The van der Waals surface area contributed by atoms with E-state index in [0.29, 0.717) is 25.6 Å². The minimum atomic E-state index is -3.13. The first-order chi connectivity index (χ1) is 11.0. The van der Waals surface area contributed by atoms with Gasteiger partial charge >= 0.3 is 7.60 Å². The van der Waals surface area contributed by atoms with Crippen LogP contribution in [0.3, 0.4) is 0 Å². The number of allylic oxidation sites excluding steroid dienone is 1. The second-order valence-electron chi connectivity index (χ2n) is 5.97. The van der Waals surface area contributed by atoms with E-state index in [0.717, 1.165) is 30.1 Å². The van der Waals surface area contributed by atoms with Gasteiger partial charge in [0.15, 0.2) is 5.82 Å². The maximum Gasteiger partial charge on any atom is 0.334 e. The van der Waals surface area contributed by atoms with Gasteiger partial charge in [0.2, 0.25) is 0 Å². The Morgan fingerprint density at radius 2 is 2.04 bits per heavy atom. The van der Waals surface area contributed by atoms with Gasteiger partial charge in [0, 0.05) is 25.0 Å². The predicted molar refractivity (Wildman–Crippen MR) is 83.7 cm³/mol. The summed E-state index contributed by atoms with van der Waals surface area (Å²) in [5.74, 6) is 2.05. The lowest BCUT2D eigenvalue weighted by Gasteiger charge is -2.21. The van der Waals surface area contributed by atoms with Crippen molar-refractivity contribution < 1.29 is 18.3 Å². The molecule has 0 saturated carbocycles. The van der Waals surface area contributed by atoms with E-state index >= 15 is 0 Å². The van der Waals surface area contributed by atoms with Crippen molar-refractivity contribution in [2.24, 2.45) is 5.92 Å². The van der Waals surface area contributed by atoms with Gasteiger partial charge in [-0.3, -0.25) is 4.57 Å². The number of nitrogens with zero attached hydrogens (tertiary/aromatic N) is 4. The SMILES string of the molecule is CCOP(=O)(CC1CC2=C(CC(C)Cn3nnnc32)O1)OCC. The smallest absolute Gasteiger partial charge is 0.334 e. The Labute approximate surface area is 135 Å². The van der Waals surface area contributed by atoms with E-state index in [2.05, 4.69) is 22.4 Å². The molecular weight excluding hydrogens is 319 g/mol. The molecule has 1 aromatic heterocycles. The molecule has 2 aliphatic rings. The molecule has 0 bridgehead atoms. The van der Waals surface area contributed by atoms with Gasteiger partial charge in [-0.1, -0.05) is 6.92 Å². The number of rotatable bonds is 6. The van der Waals surface area contributed by atoms with Crippen LogP contribution in [-0.4, -0.2) is 45.7 Å². The van der Waals surface area contributed by atoms with Crippen LogP contribution >= 0.6 is 7.60 Å². The normalized spacial score (nSPS) is 24.1. The summed E-state index contributed by atoms with van der Waals surface area (Å²) in [6.45, 7) is 7.25. The van der Waals surface area contributed by atoms with Crippen molar-refractivity contribution in [2.75, 3.05) is 19.4 Å². The van der Waals surface area contributed by atoms with E-state index in [1.807, 2.05) is 18.5 Å². The maximum atomic E-state index is 12.7. The van der Waals surface area contributed by atoms with E-state index in [-0.39, 0.29) is 12.3 Å². The molecule has 8 nitrogen and oxygen atoms in total. The van der Waals surface area contributed by atoms with E-state index in [4.69, 9.17) is 13.8 Å². The lowest BCUT2D eigenvalue weighted by atomic mass is 10.0. The predicted octanol–water partition coefficient (Wildman–Crippen LogP) is 2.48. The van der Waals surface area contributed by atoms with Crippen molar-refractivity contribution in [3.63, 3.8) is 0 Å². The first-order valence-corrected chi connectivity index (χ1v) is 9.80. The molecule has 0 amide bonds. The Bertz CT molecular complexity index is 634. The van der Waals surface area contributed by atoms with Crippen LogP contribution in [0, 0.1) is 5.92 Å². The maximum absolute atomic E-state index is 12.7. The van der Waals surface area contributed by atoms with Gasteiger partial charge in [0.1, 0.15) is 11.9 Å². The fourth-order valence-electron chi connectivity index (χ4n) is 3.15. The Kier molecular flexibility index (Phi) is 4.85. The number of fused-ring (bicyclic) bond motifs is 2. The standard InChI is InChI=1S/C14H23N4O4P/c1-4-20-23(19,21-5-2)9-11-7-12-13(22-11)6-10(3)8-18-14(12)15-16-17-18/h10-11H,4-9H2,1-3H3. The molecule has 1 aromatic rings. The molecular formula is C14H23N4O4P. The summed E-state index contributed by atoms with van der Waals surface area (Å²) in [4.78, 5) is 0. The highest BCUT2D eigenvalue weighted by Crippen LogP contribution is 2.51. The topological polar surface area (TPSA) is 88.4 Å². The molecule has 9 heteroatoms. The van der Waals surface area contributed by atoms with Crippen LogP contribution in [0.25, 0.3) is 5.57 Å². The quantitative estimate of drug-likeness (QED) is 0.734. The van der Waals surface area contributed by atoms with Crippen LogP contribution in [0.5, 0.6) is 0 Å². The molecule has 128 valence electrons. The molecule has 0 fully saturated rings. The minimum Gasteiger partial charge on any atom is -0.493 e. The summed E-state index contributed by atoms with van der Waals surface area (Å²) >= 11 is 0. The van der Waals surface area contributed by atoms with Crippen LogP contribution in [0.2, 0.25) is 0 Å². The van der Waals surface area contributed by atoms with Crippen LogP contribution < -0.4 is 0 Å². The third-order valence-corrected chi connectivity index (χ3v) is 6.13. The highest BCUT2D eigenvalue weighted by atomic mass is 31.2. The monoisotopic (exact) mass is 342 g/mol. The first kappa shape index (κ1) is 16.6. The summed E-state index contributed by atoms with van der Waals surface area (Å²) < 4.78 is 31.4. The van der Waals surface area contributed by atoms with E-state index < -0.39 is 7.60 Å². The summed E-state index contributed by atoms with van der Waals surface area (Å²) in [6, 6.07) is 0. The fourth-order valence-corrected chi connectivity index (χ4v) is 4.92. The zero-order valence-electron chi connectivity index (χ0n) is 13.8. The van der Waals surface area contributed by atoms with Crippen LogP contribution in [0.1, 0.15) is 39.4 Å². The third-order valence-electron chi connectivity index (χ3n) is 3.98. The van der Waals surface area contributed by atoms with Crippen molar-refractivity contribution >= 4 is 13.2 Å². The molecule has 0 saturated heterocycles. The molecule has 23 heavy (non-hydrogen) atoms. The number of aromatic nitrogens is 4. The van der Waals surface area contributed by atoms with E-state index in [1.54, 1.807) is 0 Å². The number of tetrazole rings is 1. The first-order valence-electron chi connectivity index (χ1n) is 8.08. The minimum absolute atomic E-state index is 0.223. The van der Waals surface area contributed by atoms with Gasteiger partial charge in [-0.05, 0) is 30.2 Å². The Hall–Kier alpha value is -1.24. The van der Waals surface area contributed by atoms with Gasteiger partial charge < -0.3 is 13.8 Å². The summed E-state index contributed by atoms with van der Waals surface area (Å²) in [5.41, 5.74) is 1.02. The fraction of sp³-hybridized carbons (Fsp3) is 0.786. The Morgan fingerprint density at radius 1 is 1.30 bits per heavy atom. The zero-order valence-corrected chi connectivity index (χ0v) is 14.7. The van der Waals surface area contributed by atoms with Crippen LogP contribution in [-0.2, 0) is 24.9 Å². The zero-order chi connectivity index (χ0) is 16.4. The Balaban J connectivity index is 1.76. The molecule has 0 aliphatic carbocycles. The summed E-state index contributed by atoms with van der Waals surface area (Å²) in [7, 11) is -3.13. The molecule has 0 aromatic carbocycles. The number of hydrogen-bond acceptors (Lipinski definition) is 7. The third kappa shape index (κ3) is 3.49. The van der Waals surface area contributed by atoms with Crippen molar-refractivity contribution in [1.82, 2.24) is 20.2 Å². The lowest BCUT2D eigenvalue weighted by molar-refractivity contribution is 0.134. The molecule has 2 atom stereocenters. The lowest BCUT2D eigenvalue weighted by Crippen LogP contribution is -2.17. The largest absolute Gasteiger partial charge is 0.493 e. The second kappa shape index (κ2) is 6.71. The van der Waals surface area contributed by atoms with E-state index in [1.165, 1.54) is 0 Å². The van der Waals surface area contributed by atoms with Gasteiger partial charge in [0.05, 0.1) is 19.4 Å². The number of ether oxygens (including phenoxy) is 1. The molecule has 2 unspecified atom stereocenters. The average molecular weight is 342 g/mol. The molecule has 2 aliphatic heterocycles. The summed E-state index contributed by atoms with van der Waals surface area (Å²) in [5, 5.41) is 11.9. The van der Waals surface area contributed by atoms with Crippen molar-refractivity contribution in [3.05, 3.63) is 11.6 Å². The molecule has 3 rings (SSSR count). The second-order valence-corrected chi connectivity index (χ2v) is 8.07. The number of hydrogen-bond donors (Lipinski definition) is 0. The molecule has 3 heterocycles. The van der Waals surface area contributed by atoms with Crippen molar-refractivity contribution in [1.29, 1.82) is 0 Å². The highest BCUT2D eigenvalue weighted by Gasteiger charge is 2.38. The van der Waals surface area contributed by atoms with Gasteiger partial charge in [0.25, 0.3) is 0 Å². The summed E-state index contributed by atoms with van der Waals surface area (Å²) in [6.07, 6.45) is 1.48. The highest BCUT2D eigenvalue weighted by molar-refractivity contribution is 7.53. The van der Waals surface area contributed by atoms with Crippen LogP contribution in [0.15, 0.2) is 5.76 Å².